The minimum absolute atomic E-state index is 0.199. The molecule has 23 heavy (non-hydrogen) atoms. The van der Waals surface area contributed by atoms with Gasteiger partial charge in [-0.3, -0.25) is 9.59 Å². The number of esters is 1. The first-order chi connectivity index (χ1) is 10.9. The van der Waals surface area contributed by atoms with E-state index in [9.17, 15) is 9.59 Å². The molecule has 0 bridgehead atoms. The maximum absolute atomic E-state index is 11.9. The molecule has 1 amide bonds. The van der Waals surface area contributed by atoms with E-state index in [4.69, 9.17) is 18.9 Å². The second kappa shape index (κ2) is 7.90. The minimum Gasteiger partial charge on any atom is -0.457 e. The number of rotatable bonds is 7. The van der Waals surface area contributed by atoms with Crippen molar-refractivity contribution in [2.75, 3.05) is 13.2 Å². The average Bonchev–Trinajstić information content (AvgIpc) is 2.97. The van der Waals surface area contributed by atoms with Crippen LogP contribution >= 0.6 is 0 Å². The predicted molar refractivity (Wildman–Crippen MR) is 81.5 cm³/mol. The fourth-order valence-electron chi connectivity index (χ4n) is 2.82. The zero-order valence-electron chi connectivity index (χ0n) is 13.8. The van der Waals surface area contributed by atoms with Gasteiger partial charge in [0, 0.05) is 13.3 Å². The van der Waals surface area contributed by atoms with Crippen molar-refractivity contribution >= 4 is 11.9 Å². The summed E-state index contributed by atoms with van der Waals surface area (Å²) < 4.78 is 22.5. The number of carbonyl (C=O) groups is 2. The van der Waals surface area contributed by atoms with Crippen LogP contribution in [0.15, 0.2) is 12.7 Å². The average molecular weight is 327 g/mol. The highest BCUT2D eigenvalue weighted by molar-refractivity contribution is 5.73. The molecule has 130 valence electrons. The fraction of sp³-hybridized carbons (Fsp3) is 0.750. The molecule has 0 spiro atoms. The molecular weight excluding hydrogens is 302 g/mol. The minimum atomic E-state index is -0.654. The van der Waals surface area contributed by atoms with Crippen molar-refractivity contribution in [1.29, 1.82) is 0 Å². The summed E-state index contributed by atoms with van der Waals surface area (Å²) in [6.45, 7) is 9.46. The molecule has 0 aromatic carbocycles. The molecule has 0 radical (unpaired) electrons. The third kappa shape index (κ3) is 4.53. The summed E-state index contributed by atoms with van der Waals surface area (Å²) in [5.74, 6) is -0.249. The van der Waals surface area contributed by atoms with Crippen molar-refractivity contribution < 1.29 is 28.5 Å². The Bertz CT molecular complexity index is 452. The van der Waals surface area contributed by atoms with Crippen molar-refractivity contribution in [1.82, 2.24) is 5.32 Å². The predicted octanol–water partition coefficient (Wildman–Crippen LogP) is 0.775. The third-order valence-electron chi connectivity index (χ3n) is 3.69. The Labute approximate surface area is 136 Å². The third-order valence-corrected chi connectivity index (χ3v) is 3.69. The standard InChI is InChI=1S/C16H25NO6/c1-5-6-20-16-13(17-10(4)18)15-14(23-16)11(8-21-15)22-12(19)7-9(2)3/h5,9,11,13-16H,1,6-8H2,2-4H3,(H,17,18)/t11-,13-,14-,15-,16-/m1/s1. The van der Waals surface area contributed by atoms with E-state index in [0.29, 0.717) is 6.42 Å². The number of amides is 1. The largest absolute Gasteiger partial charge is 0.457 e. The van der Waals surface area contributed by atoms with Gasteiger partial charge in [0.05, 0.1) is 13.2 Å². The Morgan fingerprint density at radius 3 is 2.74 bits per heavy atom. The van der Waals surface area contributed by atoms with E-state index < -0.39 is 30.6 Å². The van der Waals surface area contributed by atoms with Crippen LogP contribution in [-0.4, -0.2) is 55.7 Å². The van der Waals surface area contributed by atoms with E-state index >= 15 is 0 Å². The normalized spacial score (nSPS) is 32.6. The van der Waals surface area contributed by atoms with Gasteiger partial charge >= 0.3 is 5.97 Å². The second-order valence-corrected chi connectivity index (χ2v) is 6.24. The van der Waals surface area contributed by atoms with Gasteiger partial charge in [0.2, 0.25) is 5.91 Å². The molecule has 5 atom stereocenters. The van der Waals surface area contributed by atoms with Gasteiger partial charge in [-0.2, -0.15) is 0 Å². The van der Waals surface area contributed by atoms with Gasteiger partial charge in [-0.15, -0.1) is 6.58 Å². The number of carbonyl (C=O) groups excluding carboxylic acids is 2. The first kappa shape index (κ1) is 17.9. The molecule has 2 fully saturated rings. The Morgan fingerprint density at radius 1 is 1.39 bits per heavy atom. The van der Waals surface area contributed by atoms with E-state index in [1.165, 1.54) is 6.92 Å². The number of hydrogen-bond acceptors (Lipinski definition) is 6. The Kier molecular flexibility index (Phi) is 6.15. The van der Waals surface area contributed by atoms with Crippen molar-refractivity contribution in [2.24, 2.45) is 5.92 Å². The molecular formula is C16H25NO6. The first-order valence-corrected chi connectivity index (χ1v) is 7.88. The van der Waals surface area contributed by atoms with Crippen LogP contribution in [0.25, 0.3) is 0 Å². The SMILES string of the molecule is C=CCO[C@@H]1O[C@H]2[C@H](OC[C@H]2OC(=O)CC(C)C)[C@H]1NC(C)=O. The van der Waals surface area contributed by atoms with Gasteiger partial charge in [0.15, 0.2) is 12.4 Å². The topological polar surface area (TPSA) is 83.1 Å². The highest BCUT2D eigenvalue weighted by Gasteiger charge is 2.54. The lowest BCUT2D eigenvalue weighted by molar-refractivity contribution is -0.173. The molecule has 0 aromatic heterocycles. The van der Waals surface area contributed by atoms with Crippen LogP contribution in [0, 0.1) is 5.92 Å². The van der Waals surface area contributed by atoms with Crippen LogP contribution in [0.1, 0.15) is 27.2 Å². The molecule has 0 unspecified atom stereocenters. The van der Waals surface area contributed by atoms with E-state index in [1.54, 1.807) is 6.08 Å². The molecule has 0 saturated carbocycles. The summed E-state index contributed by atoms with van der Waals surface area (Å²) >= 11 is 0. The van der Waals surface area contributed by atoms with Crippen molar-refractivity contribution in [3.63, 3.8) is 0 Å². The van der Waals surface area contributed by atoms with E-state index in [1.807, 2.05) is 13.8 Å². The van der Waals surface area contributed by atoms with Crippen LogP contribution < -0.4 is 5.32 Å². The Hall–Kier alpha value is -1.44. The Morgan fingerprint density at radius 2 is 2.13 bits per heavy atom. The van der Waals surface area contributed by atoms with Gasteiger partial charge < -0.3 is 24.3 Å². The van der Waals surface area contributed by atoms with Crippen LogP contribution in [0.3, 0.4) is 0 Å². The molecule has 0 aliphatic carbocycles. The summed E-state index contributed by atoms with van der Waals surface area (Å²) in [4.78, 5) is 23.3. The number of ether oxygens (including phenoxy) is 4. The molecule has 2 saturated heterocycles. The molecule has 2 aliphatic rings. The van der Waals surface area contributed by atoms with Crippen LogP contribution in [-0.2, 0) is 28.5 Å². The molecule has 2 heterocycles. The van der Waals surface area contributed by atoms with Gasteiger partial charge in [-0.1, -0.05) is 19.9 Å². The molecule has 2 aliphatic heterocycles. The molecule has 0 aromatic rings. The van der Waals surface area contributed by atoms with Gasteiger partial charge in [0.1, 0.15) is 18.2 Å². The first-order valence-electron chi connectivity index (χ1n) is 7.88. The molecule has 2 rings (SSSR count). The van der Waals surface area contributed by atoms with Crippen LogP contribution in [0.2, 0.25) is 0 Å². The lowest BCUT2D eigenvalue weighted by Gasteiger charge is -2.22. The smallest absolute Gasteiger partial charge is 0.306 e. The highest BCUT2D eigenvalue weighted by Crippen LogP contribution is 2.33. The van der Waals surface area contributed by atoms with E-state index in [2.05, 4.69) is 11.9 Å². The summed E-state index contributed by atoms with van der Waals surface area (Å²) in [6.07, 6.45) is -0.0374. The van der Waals surface area contributed by atoms with E-state index in [0.717, 1.165) is 0 Å². The van der Waals surface area contributed by atoms with Gasteiger partial charge in [0.25, 0.3) is 0 Å². The summed E-state index contributed by atoms with van der Waals surface area (Å²) in [5, 5.41) is 2.79. The van der Waals surface area contributed by atoms with Crippen LogP contribution in [0.5, 0.6) is 0 Å². The summed E-state index contributed by atoms with van der Waals surface area (Å²) in [5.41, 5.74) is 0. The van der Waals surface area contributed by atoms with Gasteiger partial charge in [-0.25, -0.2) is 0 Å². The summed E-state index contributed by atoms with van der Waals surface area (Å²) in [7, 11) is 0. The van der Waals surface area contributed by atoms with Crippen LogP contribution in [0.4, 0.5) is 0 Å². The number of nitrogens with one attached hydrogen (secondary N) is 1. The number of fused-ring (bicyclic) bond motifs is 1. The quantitative estimate of drug-likeness (QED) is 0.549. The van der Waals surface area contributed by atoms with Crippen molar-refractivity contribution in [3.05, 3.63) is 12.7 Å². The zero-order chi connectivity index (χ0) is 17.0. The van der Waals surface area contributed by atoms with Crippen molar-refractivity contribution in [3.8, 4) is 0 Å². The maximum Gasteiger partial charge on any atom is 0.306 e. The van der Waals surface area contributed by atoms with Gasteiger partial charge in [-0.05, 0) is 5.92 Å². The number of hydrogen-bond donors (Lipinski definition) is 1. The lowest BCUT2D eigenvalue weighted by atomic mass is 10.1. The Balaban J connectivity index is 2.00. The zero-order valence-corrected chi connectivity index (χ0v) is 13.8. The highest BCUT2D eigenvalue weighted by atomic mass is 16.7. The molecule has 1 N–H and O–H groups in total. The lowest BCUT2D eigenvalue weighted by Crippen LogP contribution is -2.47. The summed E-state index contributed by atoms with van der Waals surface area (Å²) in [6, 6.07) is -0.439. The fourth-order valence-corrected chi connectivity index (χ4v) is 2.82. The maximum atomic E-state index is 11.9. The van der Waals surface area contributed by atoms with E-state index in [-0.39, 0.29) is 31.0 Å². The molecule has 7 nitrogen and oxygen atoms in total. The molecule has 7 heteroatoms. The monoisotopic (exact) mass is 327 g/mol. The van der Waals surface area contributed by atoms with Crippen molar-refractivity contribution in [2.45, 2.75) is 57.8 Å². The second-order valence-electron chi connectivity index (χ2n) is 6.24.